The highest BCUT2D eigenvalue weighted by Crippen LogP contribution is 2.54. The zero-order valence-corrected chi connectivity index (χ0v) is 20.9. The number of benzene rings is 1. The molecule has 3 saturated carbocycles. The van der Waals surface area contributed by atoms with Gasteiger partial charge in [0, 0.05) is 37.5 Å². The number of alkyl halides is 3. The molecule has 5 fully saturated rings. The Morgan fingerprint density at radius 2 is 1.82 bits per heavy atom. The summed E-state index contributed by atoms with van der Waals surface area (Å²) in [6, 6.07) is 5.36. The maximum atomic E-state index is 13.2. The molecule has 1 aromatic heterocycles. The van der Waals surface area contributed by atoms with Crippen LogP contribution in [0.5, 0.6) is 5.75 Å². The van der Waals surface area contributed by atoms with E-state index in [1.807, 2.05) is 26.9 Å². The molecule has 2 amide bonds. The predicted octanol–water partition coefficient (Wildman–Crippen LogP) is 4.59. The number of likely N-dealkylation sites (tertiary alicyclic amines) is 2. The van der Waals surface area contributed by atoms with E-state index < -0.39 is 11.7 Å². The minimum Gasteiger partial charge on any atom is -0.489 e. The van der Waals surface area contributed by atoms with E-state index in [2.05, 4.69) is 10.1 Å². The van der Waals surface area contributed by atoms with Crippen LogP contribution in [0.4, 0.5) is 18.0 Å². The molecule has 200 valence electrons. The normalized spacial score (nSPS) is 28.1. The van der Waals surface area contributed by atoms with Crippen LogP contribution in [0.3, 0.4) is 0 Å². The molecule has 11 heteroatoms. The molecule has 7 rings (SSSR count). The van der Waals surface area contributed by atoms with Gasteiger partial charge in [-0.25, -0.2) is 14.5 Å². The number of fused-ring (bicyclic) bond motifs is 1. The number of nitriles is 1. The quantitative estimate of drug-likeness (QED) is 0.582. The number of ether oxygens (including phenoxy) is 1. The van der Waals surface area contributed by atoms with E-state index in [1.165, 1.54) is 18.9 Å². The molecule has 3 atom stereocenters. The molecule has 1 spiro atoms. The molecule has 1 aromatic carbocycles. The second-order valence-corrected chi connectivity index (χ2v) is 12.0. The number of halogens is 3. The zero-order chi connectivity index (χ0) is 26.2. The number of amides is 2. The van der Waals surface area contributed by atoms with Crippen LogP contribution in [0.15, 0.2) is 24.5 Å². The fourth-order valence-corrected chi connectivity index (χ4v) is 7.05. The summed E-state index contributed by atoms with van der Waals surface area (Å²) in [5.74, 6) is 2.34. The lowest BCUT2D eigenvalue weighted by Crippen LogP contribution is -2.65. The largest absolute Gasteiger partial charge is 0.489 e. The Hall–Kier alpha value is -3.29. The van der Waals surface area contributed by atoms with Crippen molar-refractivity contribution in [2.75, 3.05) is 26.2 Å². The fraction of sp³-hybridized carbons (Fsp3) is 0.630. The summed E-state index contributed by atoms with van der Waals surface area (Å²) in [6.07, 6.45) is 3.14. The second kappa shape index (κ2) is 8.35. The first kappa shape index (κ1) is 23.8. The van der Waals surface area contributed by atoms with Crippen molar-refractivity contribution in [3.05, 3.63) is 41.5 Å². The molecule has 0 N–H and O–H groups in total. The average Bonchev–Trinajstić information content (AvgIpc) is 3.24. The van der Waals surface area contributed by atoms with Crippen molar-refractivity contribution in [1.29, 1.82) is 5.26 Å². The van der Waals surface area contributed by atoms with Crippen LogP contribution in [0, 0.1) is 28.6 Å². The Bertz CT molecular complexity index is 1290. The molecule has 2 aromatic rings. The van der Waals surface area contributed by atoms with Crippen molar-refractivity contribution < 1.29 is 22.7 Å². The van der Waals surface area contributed by atoms with E-state index in [0.717, 1.165) is 56.7 Å². The summed E-state index contributed by atoms with van der Waals surface area (Å²) >= 11 is 0. The smallest absolute Gasteiger partial charge is 0.416 e. The van der Waals surface area contributed by atoms with Gasteiger partial charge >= 0.3 is 12.2 Å². The van der Waals surface area contributed by atoms with Crippen LogP contribution >= 0.6 is 0 Å². The van der Waals surface area contributed by atoms with Crippen LogP contribution in [0.25, 0.3) is 0 Å². The van der Waals surface area contributed by atoms with Gasteiger partial charge in [-0.1, -0.05) is 0 Å². The van der Waals surface area contributed by atoms with Crippen LogP contribution in [-0.4, -0.2) is 62.9 Å². The van der Waals surface area contributed by atoms with Crippen molar-refractivity contribution in [2.24, 2.45) is 17.3 Å². The second-order valence-electron chi connectivity index (χ2n) is 12.0. The number of rotatable bonds is 4. The lowest BCUT2D eigenvalue weighted by atomic mass is 9.61. The van der Waals surface area contributed by atoms with Gasteiger partial charge in [-0.2, -0.15) is 23.5 Å². The molecule has 0 bridgehead atoms. The summed E-state index contributed by atoms with van der Waals surface area (Å²) in [5, 5.41) is 14.0. The van der Waals surface area contributed by atoms with E-state index in [9.17, 15) is 23.2 Å². The number of urea groups is 1. The molecule has 2 saturated heterocycles. The standard InChI is InChI=1S/C27H29F3N6O2/c28-27(29,30)20-3-4-23(17(5-20)10-31)38-22-6-18-11-34(12-19(18)7-22)25(37)35-13-26(14-35)8-21(9-26)36-15-32-24(33-36)16-1-2-16/h3-5,15-16,18-19,21-22H,1-2,6-9,11-14H2/t18-,19+,22?. The van der Waals surface area contributed by atoms with Crippen molar-refractivity contribution >= 4 is 6.03 Å². The van der Waals surface area contributed by atoms with Crippen molar-refractivity contribution in [1.82, 2.24) is 24.6 Å². The highest BCUT2D eigenvalue weighted by Gasteiger charge is 2.56. The number of aromatic nitrogens is 3. The van der Waals surface area contributed by atoms with Crippen molar-refractivity contribution in [3.8, 4) is 11.8 Å². The van der Waals surface area contributed by atoms with Gasteiger partial charge in [0.1, 0.15) is 18.1 Å². The van der Waals surface area contributed by atoms with Gasteiger partial charge in [-0.15, -0.1) is 0 Å². The topological polar surface area (TPSA) is 87.3 Å². The van der Waals surface area contributed by atoms with E-state index in [-0.39, 0.29) is 28.9 Å². The number of hydrogen-bond acceptors (Lipinski definition) is 5. The SMILES string of the molecule is N#Cc1cc(C(F)(F)F)ccc1OC1C[C@@H]2CN(C(=O)N3CC4(CC(n5cnc(C6CC6)n5)C4)C3)C[C@@H]2C1. The van der Waals surface area contributed by atoms with Gasteiger partial charge in [0.2, 0.25) is 0 Å². The zero-order valence-electron chi connectivity index (χ0n) is 20.9. The Balaban J connectivity index is 0.888. The molecular formula is C27H29F3N6O2. The first-order valence-corrected chi connectivity index (χ1v) is 13.4. The van der Waals surface area contributed by atoms with Crippen molar-refractivity contribution in [3.63, 3.8) is 0 Å². The molecule has 2 aliphatic heterocycles. The van der Waals surface area contributed by atoms with Gasteiger partial charge in [0.25, 0.3) is 0 Å². The fourth-order valence-electron chi connectivity index (χ4n) is 7.05. The predicted molar refractivity (Wildman–Crippen MR) is 128 cm³/mol. The van der Waals surface area contributed by atoms with E-state index in [4.69, 9.17) is 4.74 Å². The average molecular weight is 527 g/mol. The van der Waals surface area contributed by atoms with E-state index in [1.54, 1.807) is 0 Å². The van der Waals surface area contributed by atoms with Gasteiger partial charge < -0.3 is 14.5 Å². The summed E-state index contributed by atoms with van der Waals surface area (Å²) < 4.78 is 46.9. The highest BCUT2D eigenvalue weighted by molar-refractivity contribution is 5.76. The maximum Gasteiger partial charge on any atom is 0.416 e. The Morgan fingerprint density at radius 1 is 1.11 bits per heavy atom. The number of carbonyl (C=O) groups is 1. The molecule has 8 nitrogen and oxygen atoms in total. The Morgan fingerprint density at radius 3 is 2.45 bits per heavy atom. The third-order valence-electron chi connectivity index (χ3n) is 9.20. The van der Waals surface area contributed by atoms with Gasteiger partial charge in [0.15, 0.2) is 5.82 Å². The maximum absolute atomic E-state index is 13.2. The third kappa shape index (κ3) is 4.09. The minimum absolute atomic E-state index is 0.106. The third-order valence-corrected chi connectivity index (χ3v) is 9.20. The Labute approximate surface area is 218 Å². The first-order chi connectivity index (χ1) is 18.2. The molecular weight excluding hydrogens is 497 g/mol. The van der Waals surface area contributed by atoms with Crippen molar-refractivity contribution in [2.45, 2.75) is 62.8 Å². The molecule has 3 aliphatic carbocycles. The lowest BCUT2D eigenvalue weighted by Gasteiger charge is -2.59. The molecule has 5 aliphatic rings. The number of carbonyl (C=O) groups excluding carboxylic acids is 1. The minimum atomic E-state index is -4.50. The van der Waals surface area contributed by atoms with E-state index >= 15 is 0 Å². The monoisotopic (exact) mass is 526 g/mol. The first-order valence-electron chi connectivity index (χ1n) is 13.4. The summed E-state index contributed by atoms with van der Waals surface area (Å²) in [6.45, 7) is 2.96. The van der Waals surface area contributed by atoms with Gasteiger partial charge in [-0.05, 0) is 68.6 Å². The summed E-state index contributed by atoms with van der Waals surface area (Å²) in [5.41, 5.74) is -0.739. The molecule has 38 heavy (non-hydrogen) atoms. The Kier molecular flexibility index (Phi) is 5.23. The van der Waals surface area contributed by atoms with Crippen LogP contribution < -0.4 is 4.74 Å². The van der Waals surface area contributed by atoms with Gasteiger partial charge in [-0.3, -0.25) is 0 Å². The summed E-state index contributed by atoms with van der Waals surface area (Å²) in [7, 11) is 0. The number of hydrogen-bond donors (Lipinski definition) is 0. The van der Waals surface area contributed by atoms with Crippen LogP contribution in [0.1, 0.15) is 67.4 Å². The molecule has 0 radical (unpaired) electrons. The van der Waals surface area contributed by atoms with E-state index in [0.29, 0.717) is 36.9 Å². The highest BCUT2D eigenvalue weighted by atomic mass is 19.4. The van der Waals surface area contributed by atoms with Crippen LogP contribution in [-0.2, 0) is 6.18 Å². The molecule has 1 unspecified atom stereocenters. The molecule has 3 heterocycles. The van der Waals surface area contributed by atoms with Crippen LogP contribution in [0.2, 0.25) is 0 Å². The summed E-state index contributed by atoms with van der Waals surface area (Å²) in [4.78, 5) is 21.5. The lowest BCUT2D eigenvalue weighted by molar-refractivity contribution is -0.137. The van der Waals surface area contributed by atoms with Gasteiger partial charge in [0.05, 0.1) is 23.3 Å². The number of nitrogens with zero attached hydrogens (tertiary/aromatic N) is 6.